The number of likely N-dealkylation sites (tertiary alicyclic amines) is 1. The molecule has 3 aliphatic heterocycles. The first kappa shape index (κ1) is 40.2. The zero-order valence-corrected chi connectivity index (χ0v) is 32.0. The van der Waals surface area contributed by atoms with Gasteiger partial charge in [-0.15, -0.1) is 5.10 Å². The molecule has 3 aromatic heterocycles. The average molecular weight is 850 g/mol. The van der Waals surface area contributed by atoms with Gasteiger partial charge in [-0.3, -0.25) is 19.2 Å². The van der Waals surface area contributed by atoms with Crippen molar-refractivity contribution in [1.82, 2.24) is 38.9 Å². The van der Waals surface area contributed by atoms with E-state index >= 15 is 0 Å². The summed E-state index contributed by atoms with van der Waals surface area (Å²) in [7, 11) is 0. The van der Waals surface area contributed by atoms with E-state index in [0.29, 0.717) is 11.6 Å². The van der Waals surface area contributed by atoms with Gasteiger partial charge in [-0.25, -0.2) is 9.97 Å². The molecule has 2 unspecified atom stereocenters. The van der Waals surface area contributed by atoms with E-state index in [9.17, 15) is 50.6 Å². The molecule has 59 heavy (non-hydrogen) atoms. The molecule has 4 aromatic rings. The number of amides is 3. The molecule has 1 saturated carbocycles. The Labute approximate surface area is 334 Å². The van der Waals surface area contributed by atoms with Crippen LogP contribution in [0.5, 0.6) is 5.75 Å². The fourth-order valence-corrected chi connectivity index (χ4v) is 8.37. The third-order valence-corrected chi connectivity index (χ3v) is 11.6. The largest absolute Gasteiger partial charge is 0.504 e. The van der Waals surface area contributed by atoms with Crippen LogP contribution in [-0.4, -0.2) is 94.1 Å². The number of hydrogen-bond donors (Lipinski definition) is 2. The Kier molecular flexibility index (Phi) is 9.76. The number of alkyl halides is 6. The third kappa shape index (κ3) is 7.16. The Bertz CT molecular complexity index is 2510. The number of aromatic hydroxyl groups is 1. The van der Waals surface area contributed by atoms with Crippen molar-refractivity contribution in [2.24, 2.45) is 11.8 Å². The van der Waals surface area contributed by atoms with E-state index in [-0.39, 0.29) is 103 Å². The molecule has 3 amide bonds. The minimum atomic E-state index is -4.68. The highest BCUT2D eigenvalue weighted by Gasteiger charge is 2.59. The first-order valence-electron chi connectivity index (χ1n) is 18.5. The number of fused-ring (bicyclic) bond motifs is 3. The van der Waals surface area contributed by atoms with Crippen molar-refractivity contribution in [3.05, 3.63) is 80.0 Å². The van der Waals surface area contributed by atoms with Gasteiger partial charge >= 0.3 is 12.4 Å². The average Bonchev–Trinajstić information content (AvgIpc) is 3.80. The summed E-state index contributed by atoms with van der Waals surface area (Å²) in [5.41, 5.74) is -2.07. The van der Waals surface area contributed by atoms with E-state index in [2.05, 4.69) is 25.4 Å². The van der Waals surface area contributed by atoms with E-state index in [0.717, 1.165) is 23.0 Å². The van der Waals surface area contributed by atoms with Crippen LogP contribution < -0.4 is 10.9 Å². The van der Waals surface area contributed by atoms with Crippen LogP contribution in [0.1, 0.15) is 77.5 Å². The lowest BCUT2D eigenvalue weighted by Crippen LogP contribution is -2.47. The van der Waals surface area contributed by atoms with E-state index in [1.54, 1.807) is 13.0 Å². The van der Waals surface area contributed by atoms with Gasteiger partial charge in [0.25, 0.3) is 11.5 Å². The molecule has 8 rings (SSSR count). The topological polar surface area (TPSA) is 177 Å². The van der Waals surface area contributed by atoms with Gasteiger partial charge in [0.1, 0.15) is 18.5 Å². The number of aromatic nitrogens is 6. The molecule has 1 saturated heterocycles. The van der Waals surface area contributed by atoms with Crippen LogP contribution in [0.3, 0.4) is 0 Å². The number of piperidine rings is 1. The SMILES string of the molecule is Cc1ncnc(C(=O)N2CCC3(CC2)O[C@H](C)c2c3c(=O)n3nc(C4=CCN(C(=O)C5CC5C(F)(F)F)CC4)nc3n2CC(=O)Nc2ccc(C(F)(F)F)cc2Cl)c1O. The molecule has 6 heterocycles. The van der Waals surface area contributed by atoms with Crippen molar-refractivity contribution >= 4 is 46.4 Å². The summed E-state index contributed by atoms with van der Waals surface area (Å²) >= 11 is 6.13. The molecular weight excluding hydrogens is 816 g/mol. The van der Waals surface area contributed by atoms with Gasteiger partial charge in [-0.1, -0.05) is 17.7 Å². The Hall–Kier alpha value is -5.57. The number of aryl methyl sites for hydroxylation is 1. The van der Waals surface area contributed by atoms with Crippen molar-refractivity contribution in [3.63, 3.8) is 0 Å². The highest BCUT2D eigenvalue weighted by Crippen LogP contribution is 2.51. The highest BCUT2D eigenvalue weighted by molar-refractivity contribution is 6.33. The Balaban J connectivity index is 1.13. The van der Waals surface area contributed by atoms with Gasteiger partial charge < -0.3 is 29.5 Å². The first-order chi connectivity index (χ1) is 27.8. The van der Waals surface area contributed by atoms with Gasteiger partial charge in [0, 0.05) is 26.2 Å². The molecule has 2 fully saturated rings. The lowest BCUT2D eigenvalue weighted by Gasteiger charge is -2.39. The Morgan fingerprint density at radius 2 is 1.80 bits per heavy atom. The maximum Gasteiger partial charge on any atom is 0.416 e. The van der Waals surface area contributed by atoms with Crippen LogP contribution in [0.4, 0.5) is 32.0 Å². The molecule has 2 N–H and O–H groups in total. The molecule has 0 radical (unpaired) electrons. The smallest absolute Gasteiger partial charge is 0.416 e. The summed E-state index contributed by atoms with van der Waals surface area (Å²) < 4.78 is 88.3. The molecule has 15 nitrogen and oxygen atoms in total. The lowest BCUT2D eigenvalue weighted by molar-refractivity contribution is -0.157. The number of halogens is 7. The van der Waals surface area contributed by atoms with Crippen LogP contribution in [0, 0.1) is 18.8 Å². The van der Waals surface area contributed by atoms with Crippen LogP contribution in [0.25, 0.3) is 11.4 Å². The zero-order chi connectivity index (χ0) is 42.3. The molecule has 3 atom stereocenters. The van der Waals surface area contributed by atoms with E-state index < -0.39 is 71.3 Å². The first-order valence-corrected chi connectivity index (χ1v) is 18.9. The minimum Gasteiger partial charge on any atom is -0.504 e. The van der Waals surface area contributed by atoms with Gasteiger partial charge in [0.15, 0.2) is 17.3 Å². The van der Waals surface area contributed by atoms with Crippen molar-refractivity contribution in [1.29, 1.82) is 0 Å². The number of ether oxygens (including phenoxy) is 1. The number of carbonyl (C=O) groups excluding carboxylic acids is 3. The monoisotopic (exact) mass is 849 g/mol. The zero-order valence-electron chi connectivity index (χ0n) is 31.2. The van der Waals surface area contributed by atoms with Crippen molar-refractivity contribution in [3.8, 4) is 5.75 Å². The number of nitrogens with zero attached hydrogens (tertiary/aromatic N) is 8. The molecule has 312 valence electrons. The quantitative estimate of drug-likeness (QED) is 0.250. The van der Waals surface area contributed by atoms with Gasteiger partial charge in [-0.2, -0.15) is 35.8 Å². The van der Waals surface area contributed by atoms with Gasteiger partial charge in [0.2, 0.25) is 17.6 Å². The summed E-state index contributed by atoms with van der Waals surface area (Å²) in [6, 6.07) is 2.45. The lowest BCUT2D eigenvalue weighted by atomic mass is 9.85. The summed E-state index contributed by atoms with van der Waals surface area (Å²) in [6.45, 7) is 2.87. The van der Waals surface area contributed by atoms with Crippen molar-refractivity contribution in [2.75, 3.05) is 31.5 Å². The van der Waals surface area contributed by atoms with Crippen LogP contribution in [0.2, 0.25) is 5.02 Å². The van der Waals surface area contributed by atoms with Crippen molar-refractivity contribution < 1.29 is 50.6 Å². The molecule has 1 aromatic carbocycles. The second-order valence-corrected chi connectivity index (χ2v) is 15.4. The summed E-state index contributed by atoms with van der Waals surface area (Å²) in [5.74, 6) is -5.08. The second-order valence-electron chi connectivity index (χ2n) is 15.0. The number of hydrogen-bond acceptors (Lipinski definition) is 10. The molecule has 1 aliphatic carbocycles. The third-order valence-electron chi connectivity index (χ3n) is 11.3. The normalized spacial score (nSPS) is 21.4. The number of nitrogens with one attached hydrogen (secondary N) is 1. The summed E-state index contributed by atoms with van der Waals surface area (Å²) in [4.78, 5) is 69.7. The Morgan fingerprint density at radius 3 is 2.42 bits per heavy atom. The number of rotatable bonds is 6. The molecule has 1 spiro atoms. The predicted octanol–water partition coefficient (Wildman–Crippen LogP) is 5.04. The van der Waals surface area contributed by atoms with Crippen molar-refractivity contribution in [2.45, 2.75) is 70.1 Å². The van der Waals surface area contributed by atoms with Crippen LogP contribution in [-0.2, 0) is 32.6 Å². The predicted molar refractivity (Wildman–Crippen MR) is 194 cm³/mol. The molecule has 22 heteroatoms. The summed E-state index contributed by atoms with van der Waals surface area (Å²) in [5, 5.41) is 17.1. The van der Waals surface area contributed by atoms with Gasteiger partial charge in [-0.05, 0) is 63.3 Å². The maximum atomic E-state index is 14.5. The summed E-state index contributed by atoms with van der Waals surface area (Å²) in [6.07, 6.45) is -7.08. The fourth-order valence-electron chi connectivity index (χ4n) is 8.14. The van der Waals surface area contributed by atoms with E-state index in [4.69, 9.17) is 16.3 Å². The number of anilines is 1. The Morgan fingerprint density at radius 1 is 1.07 bits per heavy atom. The number of carbonyl (C=O) groups is 3. The van der Waals surface area contributed by atoms with Gasteiger partial charge in [0.05, 0.1) is 51.2 Å². The fraction of sp³-hybridized carbons (Fsp3) is 0.459. The minimum absolute atomic E-state index is 0.0165. The molecule has 4 aliphatic rings. The van der Waals surface area contributed by atoms with Crippen LogP contribution >= 0.6 is 11.6 Å². The maximum absolute atomic E-state index is 14.5. The molecule has 0 bridgehead atoms. The molecular formula is C37H34ClF6N9O6. The highest BCUT2D eigenvalue weighted by atomic mass is 35.5. The second kappa shape index (κ2) is 14.3. The van der Waals surface area contributed by atoms with E-state index in [1.165, 1.54) is 21.3 Å². The van der Waals surface area contributed by atoms with E-state index in [1.807, 2.05) is 0 Å². The standard InChI is InChI=1S/C37H34ClF6N9O6/c1-17-29(55)27(46-16-45-17)33(58)51-11-7-35(8-12-51)26-28(18(2)59-35)52(15-25(54)47-24-4-3-20(13-23(24)38)36(39,40)41)34-48-30(49-53(34)32(26)57)19-5-9-50(10-6-19)31(56)21-14-22(21)37(42,43)44/h3-5,13,16,18,21-22,55H,6-12,14-15H2,1-2H3,(H,47,54)/t18-,21?,22?/m1/s1. The van der Waals surface area contributed by atoms with Crippen LogP contribution in [0.15, 0.2) is 35.4 Å². The number of benzene rings is 1.